The van der Waals surface area contributed by atoms with Gasteiger partial charge in [-0.15, -0.1) is 0 Å². The fourth-order valence-corrected chi connectivity index (χ4v) is 4.02. The van der Waals surface area contributed by atoms with Gasteiger partial charge < -0.3 is 9.64 Å². The number of fused-ring (bicyclic) bond motifs is 1. The van der Waals surface area contributed by atoms with Crippen molar-refractivity contribution in [2.24, 2.45) is 5.92 Å². The van der Waals surface area contributed by atoms with Crippen molar-refractivity contribution in [2.75, 3.05) is 0 Å². The highest BCUT2D eigenvalue weighted by molar-refractivity contribution is 6.03. The molecule has 4 rings (SSSR count). The number of hydrogen-bond acceptors (Lipinski definition) is 4. The van der Waals surface area contributed by atoms with E-state index in [2.05, 4.69) is 0 Å². The molecule has 0 spiro atoms. The Kier molecular flexibility index (Phi) is 4.99. The zero-order chi connectivity index (χ0) is 19.7. The molecule has 5 heteroatoms. The van der Waals surface area contributed by atoms with Crippen LogP contribution in [0, 0.1) is 5.92 Å². The quantitative estimate of drug-likeness (QED) is 0.765. The first kappa shape index (κ1) is 18.4. The summed E-state index contributed by atoms with van der Waals surface area (Å²) in [5, 5.41) is 0. The number of nitrogens with zero attached hydrogens (tertiary/aromatic N) is 1. The summed E-state index contributed by atoms with van der Waals surface area (Å²) in [6.45, 7) is 2.55. The minimum atomic E-state index is -0.532. The van der Waals surface area contributed by atoms with Gasteiger partial charge in [0.2, 0.25) is 0 Å². The lowest BCUT2D eigenvalue weighted by atomic mass is 10.0. The summed E-state index contributed by atoms with van der Waals surface area (Å²) in [5.41, 5.74) is 2.45. The molecular weight excluding hydrogens is 354 g/mol. The second-order valence-electron chi connectivity index (χ2n) is 7.58. The Labute approximate surface area is 164 Å². The molecule has 144 valence electrons. The molecule has 1 saturated carbocycles. The van der Waals surface area contributed by atoms with Crippen LogP contribution in [0.15, 0.2) is 48.5 Å². The molecule has 28 heavy (non-hydrogen) atoms. The van der Waals surface area contributed by atoms with Crippen LogP contribution in [0.3, 0.4) is 0 Å². The lowest BCUT2D eigenvalue weighted by Crippen LogP contribution is -2.41. The Balaban J connectivity index is 1.55. The minimum Gasteiger partial charge on any atom is -0.489 e. The molecule has 1 amide bonds. The summed E-state index contributed by atoms with van der Waals surface area (Å²) in [7, 11) is 0. The van der Waals surface area contributed by atoms with E-state index in [9.17, 15) is 14.4 Å². The standard InChI is InChI=1S/C23H23NO4/c1-15-12-21(26)19(10-11-20(15)25)24-13-18-17(23(24)27)8-5-9-22(18)28-14-16-6-3-2-4-7-16/h2-9,15,19H,10-14H2,1H3. The number of ether oxygens (including phenoxy) is 1. The van der Waals surface area contributed by atoms with E-state index < -0.39 is 6.04 Å². The van der Waals surface area contributed by atoms with Gasteiger partial charge in [0.15, 0.2) is 5.78 Å². The molecule has 2 aliphatic rings. The maximum Gasteiger partial charge on any atom is 0.255 e. The maximum absolute atomic E-state index is 13.0. The summed E-state index contributed by atoms with van der Waals surface area (Å²) >= 11 is 0. The van der Waals surface area contributed by atoms with Gasteiger partial charge in [0.1, 0.15) is 18.1 Å². The van der Waals surface area contributed by atoms with Gasteiger partial charge in [-0.25, -0.2) is 0 Å². The number of hydrogen-bond donors (Lipinski definition) is 0. The third-order valence-corrected chi connectivity index (χ3v) is 5.66. The summed E-state index contributed by atoms with van der Waals surface area (Å²) in [5.74, 6) is 0.337. The van der Waals surface area contributed by atoms with Crippen LogP contribution in [0.2, 0.25) is 0 Å². The highest BCUT2D eigenvalue weighted by Gasteiger charge is 2.40. The SMILES string of the molecule is CC1CC(=O)C(N2Cc3c(OCc4ccccc4)cccc3C2=O)CCC1=O. The molecule has 1 aliphatic heterocycles. The third kappa shape index (κ3) is 3.44. The van der Waals surface area contributed by atoms with E-state index >= 15 is 0 Å². The van der Waals surface area contributed by atoms with Crippen molar-refractivity contribution in [3.05, 3.63) is 65.2 Å². The van der Waals surface area contributed by atoms with Crippen molar-refractivity contribution in [1.29, 1.82) is 0 Å². The van der Waals surface area contributed by atoms with Crippen molar-refractivity contribution in [3.63, 3.8) is 0 Å². The molecule has 0 radical (unpaired) electrons. The number of carbonyl (C=O) groups is 3. The lowest BCUT2D eigenvalue weighted by molar-refractivity contribution is -0.126. The first-order valence-electron chi connectivity index (χ1n) is 9.69. The second-order valence-corrected chi connectivity index (χ2v) is 7.58. The Bertz CT molecular complexity index is 921. The van der Waals surface area contributed by atoms with Crippen LogP contribution in [-0.4, -0.2) is 28.4 Å². The molecule has 0 N–H and O–H groups in total. The normalized spacial score (nSPS) is 22.2. The average molecular weight is 377 g/mol. The van der Waals surface area contributed by atoms with Crippen molar-refractivity contribution in [2.45, 2.75) is 45.4 Å². The van der Waals surface area contributed by atoms with Crippen LogP contribution in [-0.2, 0) is 22.7 Å². The van der Waals surface area contributed by atoms with Gasteiger partial charge in [0.25, 0.3) is 5.91 Å². The predicted octanol–water partition coefficient (Wildman–Crippen LogP) is 3.55. The molecule has 2 aromatic carbocycles. The van der Waals surface area contributed by atoms with Gasteiger partial charge in [0, 0.05) is 29.9 Å². The summed E-state index contributed by atoms with van der Waals surface area (Å²) < 4.78 is 5.99. The van der Waals surface area contributed by atoms with Gasteiger partial charge in [-0.1, -0.05) is 43.3 Å². The van der Waals surface area contributed by atoms with E-state index in [1.165, 1.54) is 0 Å². The molecule has 0 saturated heterocycles. The van der Waals surface area contributed by atoms with Crippen molar-refractivity contribution < 1.29 is 19.1 Å². The number of benzene rings is 2. The number of Topliss-reactive ketones (excluding diaryl/α,β-unsaturated/α-hetero) is 2. The molecular formula is C23H23NO4. The fraction of sp³-hybridized carbons (Fsp3) is 0.348. The Morgan fingerprint density at radius 1 is 1.00 bits per heavy atom. The van der Waals surface area contributed by atoms with Crippen LogP contribution in [0.1, 0.15) is 47.7 Å². The van der Waals surface area contributed by atoms with Gasteiger partial charge in [-0.3, -0.25) is 14.4 Å². The topological polar surface area (TPSA) is 63.7 Å². The number of ketones is 2. The van der Waals surface area contributed by atoms with Gasteiger partial charge >= 0.3 is 0 Å². The Morgan fingerprint density at radius 2 is 1.79 bits per heavy atom. The van der Waals surface area contributed by atoms with E-state index in [-0.39, 0.29) is 29.8 Å². The van der Waals surface area contributed by atoms with E-state index in [4.69, 9.17) is 4.74 Å². The number of amides is 1. The highest BCUT2D eigenvalue weighted by atomic mass is 16.5. The second kappa shape index (κ2) is 7.58. The molecule has 2 aromatic rings. The van der Waals surface area contributed by atoms with Crippen LogP contribution >= 0.6 is 0 Å². The van der Waals surface area contributed by atoms with E-state index in [1.54, 1.807) is 24.0 Å². The van der Waals surface area contributed by atoms with Gasteiger partial charge in [0.05, 0.1) is 12.6 Å². The largest absolute Gasteiger partial charge is 0.489 e. The summed E-state index contributed by atoms with van der Waals surface area (Å²) in [6.07, 6.45) is 0.956. The van der Waals surface area contributed by atoms with Crippen LogP contribution in [0.25, 0.3) is 0 Å². The van der Waals surface area contributed by atoms with E-state index in [1.807, 2.05) is 36.4 Å². The monoisotopic (exact) mass is 377 g/mol. The smallest absolute Gasteiger partial charge is 0.255 e. The molecule has 0 bridgehead atoms. The summed E-state index contributed by atoms with van der Waals surface area (Å²) in [6, 6.07) is 14.8. The molecule has 1 aliphatic carbocycles. The number of carbonyl (C=O) groups excluding carboxylic acids is 3. The van der Waals surface area contributed by atoms with Gasteiger partial charge in [-0.2, -0.15) is 0 Å². The first-order chi connectivity index (χ1) is 13.5. The van der Waals surface area contributed by atoms with Crippen LogP contribution in [0.4, 0.5) is 0 Å². The van der Waals surface area contributed by atoms with E-state index in [0.29, 0.717) is 37.3 Å². The minimum absolute atomic E-state index is 0.0220. The van der Waals surface area contributed by atoms with E-state index in [0.717, 1.165) is 11.1 Å². The van der Waals surface area contributed by atoms with Crippen molar-refractivity contribution >= 4 is 17.5 Å². The molecule has 1 heterocycles. The predicted molar refractivity (Wildman–Crippen MR) is 104 cm³/mol. The highest BCUT2D eigenvalue weighted by Crippen LogP contribution is 2.34. The molecule has 0 aromatic heterocycles. The zero-order valence-corrected chi connectivity index (χ0v) is 15.9. The molecule has 5 nitrogen and oxygen atoms in total. The van der Waals surface area contributed by atoms with Crippen LogP contribution < -0.4 is 4.74 Å². The first-order valence-corrected chi connectivity index (χ1v) is 9.69. The number of rotatable bonds is 4. The van der Waals surface area contributed by atoms with Crippen LogP contribution in [0.5, 0.6) is 5.75 Å². The fourth-order valence-electron chi connectivity index (χ4n) is 4.02. The average Bonchev–Trinajstić information content (AvgIpc) is 2.97. The molecule has 2 atom stereocenters. The third-order valence-electron chi connectivity index (χ3n) is 5.66. The Morgan fingerprint density at radius 3 is 2.57 bits per heavy atom. The van der Waals surface area contributed by atoms with Gasteiger partial charge in [-0.05, 0) is 24.1 Å². The summed E-state index contributed by atoms with van der Waals surface area (Å²) in [4.78, 5) is 39.3. The Hall–Kier alpha value is -2.95. The lowest BCUT2D eigenvalue weighted by Gasteiger charge is -2.25. The molecule has 2 unspecified atom stereocenters. The maximum atomic E-state index is 13.0. The molecule has 1 fully saturated rings. The van der Waals surface area contributed by atoms with Crippen molar-refractivity contribution in [1.82, 2.24) is 4.90 Å². The zero-order valence-electron chi connectivity index (χ0n) is 15.9. The van der Waals surface area contributed by atoms with Crippen molar-refractivity contribution in [3.8, 4) is 5.75 Å².